The number of phosphoric acid groups is 1. The summed E-state index contributed by atoms with van der Waals surface area (Å²) in [5.41, 5.74) is 6.32. The average molecular weight is 1110 g/mol. The largest absolute Gasteiger partial charge is 0.497 e. The number of Topliss-reactive ketones (excluding diaryl/α,β-unsaturated/α-hetero) is 1. The van der Waals surface area contributed by atoms with Crippen LogP contribution in [-0.2, 0) is 57.0 Å². The number of ether oxygens (including phenoxy) is 7. The Balaban J connectivity index is 1.24. The molecule has 8 atom stereocenters. The van der Waals surface area contributed by atoms with Gasteiger partial charge in [-0.2, -0.15) is 10.2 Å². The molecule has 3 aliphatic heterocycles. The Morgan fingerprint density at radius 1 is 0.949 bits per heavy atom. The number of methoxy groups -OCH3 is 2. The van der Waals surface area contributed by atoms with Crippen LogP contribution in [0.2, 0.25) is 18.1 Å². The number of nitrogens with one attached hydrogen (secondary N) is 1. The Labute approximate surface area is 453 Å². The van der Waals surface area contributed by atoms with E-state index in [1.807, 2.05) is 112 Å². The first kappa shape index (κ1) is 57.9. The lowest BCUT2D eigenvalue weighted by Gasteiger charge is -2.40. The van der Waals surface area contributed by atoms with Gasteiger partial charge in [-0.25, -0.2) is 9.55 Å². The summed E-state index contributed by atoms with van der Waals surface area (Å²) in [5.74, 6) is -0.686. The van der Waals surface area contributed by atoms with Crippen LogP contribution in [0.25, 0.3) is 11.2 Å². The zero-order chi connectivity index (χ0) is 55.8. The number of hydrogen-bond acceptors (Lipinski definition) is 20. The molecule has 5 aromatic rings. The van der Waals surface area contributed by atoms with E-state index >= 15 is 4.57 Å². The number of ketones is 1. The standard InChI is InChI=1S/C54H68N7O15PSi/c1-35(62)15-24-46(63)74-42-29-45(60-26-12-27-69-34-60)73-43(42)32-72-77(65,71-28-11-25-55)76-48-41(30-53(2,3)78(6,7)66)51(61-33-57-47-49(61)58-52(56)59-50(47)64)75-44(48)31-70-54(36-13-9-8-10-14-36,37-16-20-39(67-4)21-17-37)38-18-22-40(68-5)23-19-38/h8-10,12-14,16-23,26,33,41-45,48,51,66H,11,15,24,27-32,34H2,1-7H3,(H3,56,58,59,64)/t41-,42+,43+,44+,45+,48?,51+,77?/m0/s1. The molecule has 4 N–H and O–H groups in total. The number of esters is 1. The normalized spacial score (nSPS) is 22.5. The second kappa shape index (κ2) is 24.8. The number of nitrogens with two attached hydrogens (primary N) is 1. The molecule has 2 fully saturated rings. The highest BCUT2D eigenvalue weighted by atomic mass is 31.2. The van der Waals surface area contributed by atoms with Crippen LogP contribution >= 0.6 is 7.82 Å². The number of hydrogen-bond donors (Lipinski definition) is 3. The predicted molar refractivity (Wildman–Crippen MR) is 286 cm³/mol. The van der Waals surface area contributed by atoms with Crippen molar-refractivity contribution in [2.45, 2.75) is 113 Å². The summed E-state index contributed by atoms with van der Waals surface area (Å²) >= 11 is 0. The van der Waals surface area contributed by atoms with Crippen molar-refractivity contribution in [1.82, 2.24) is 24.4 Å². The maximum Gasteiger partial charge on any atom is 0.475 e. The zero-order valence-electron chi connectivity index (χ0n) is 44.8. The molecule has 3 aliphatic rings. The topological polar surface area (TPSA) is 280 Å². The molecule has 78 heavy (non-hydrogen) atoms. The van der Waals surface area contributed by atoms with Crippen molar-refractivity contribution in [3.05, 3.63) is 125 Å². The molecular formula is C54H68N7O15PSi. The van der Waals surface area contributed by atoms with Crippen molar-refractivity contribution in [2.24, 2.45) is 5.92 Å². The lowest BCUT2D eigenvalue weighted by Crippen LogP contribution is -2.43. The highest BCUT2D eigenvalue weighted by Crippen LogP contribution is 2.58. The van der Waals surface area contributed by atoms with Gasteiger partial charge in [-0.05, 0) is 78.5 Å². The summed E-state index contributed by atoms with van der Waals surface area (Å²) in [6.07, 6.45) is -1.32. The maximum absolute atomic E-state index is 15.8. The number of nitrogen functional groups attached to an aromatic ring is 1. The third-order valence-corrected chi connectivity index (χ3v) is 19.6. The summed E-state index contributed by atoms with van der Waals surface area (Å²) in [4.78, 5) is 63.4. The molecule has 24 heteroatoms. The van der Waals surface area contributed by atoms with Crippen molar-refractivity contribution in [3.63, 3.8) is 0 Å². The van der Waals surface area contributed by atoms with E-state index in [1.165, 1.54) is 13.3 Å². The number of phosphoric ester groups is 1. The number of fused-ring (bicyclic) bond motifs is 1. The number of rotatable bonds is 25. The molecule has 0 bridgehead atoms. The molecule has 2 unspecified atom stereocenters. The third kappa shape index (κ3) is 13.1. The quantitative estimate of drug-likeness (QED) is 0.0171. The molecule has 5 heterocycles. The second-order valence-corrected chi connectivity index (χ2v) is 26.6. The summed E-state index contributed by atoms with van der Waals surface area (Å²) in [5, 5.41) is 8.89. The SMILES string of the molecule is COc1ccc(C(OC[C@H]2O[C@@H](n3cnc4c(=O)[nH]c(N)nc43)[C@@H](CC(C)(C)[Si](C)(C)O)C2OP(=O)(OCCC#N)OC[C@H]2O[C@@H](N3C=CCOC3)C[C@H]2OC(=O)CCC(C)=O)(c2ccccc2)c2ccc(OC)cc2)cc1. The van der Waals surface area contributed by atoms with Crippen molar-refractivity contribution in [1.29, 1.82) is 5.26 Å². The maximum atomic E-state index is 15.8. The predicted octanol–water partition coefficient (Wildman–Crippen LogP) is 7.25. The molecule has 0 radical (unpaired) electrons. The Morgan fingerprint density at radius 2 is 1.62 bits per heavy atom. The van der Waals surface area contributed by atoms with E-state index in [4.69, 9.17) is 52.5 Å². The number of benzene rings is 3. The molecule has 22 nitrogen and oxygen atoms in total. The lowest BCUT2D eigenvalue weighted by atomic mass is 9.80. The van der Waals surface area contributed by atoms with Gasteiger partial charge in [-0.1, -0.05) is 68.4 Å². The molecule has 0 aliphatic carbocycles. The van der Waals surface area contributed by atoms with E-state index in [0.717, 1.165) is 5.56 Å². The minimum absolute atomic E-state index is 0.0276. The molecule has 8 rings (SSSR count). The minimum atomic E-state index is -4.89. The monoisotopic (exact) mass is 1110 g/mol. The first-order chi connectivity index (χ1) is 37.3. The molecule has 0 saturated carbocycles. The van der Waals surface area contributed by atoms with Gasteiger partial charge in [-0.3, -0.25) is 32.7 Å². The fourth-order valence-electron chi connectivity index (χ4n) is 9.74. The van der Waals surface area contributed by atoms with Crippen LogP contribution in [0, 0.1) is 17.2 Å². The van der Waals surface area contributed by atoms with Crippen molar-refractivity contribution < 1.29 is 65.7 Å². The van der Waals surface area contributed by atoms with Crippen LogP contribution in [-0.4, -0.2) is 127 Å². The Hall–Kier alpha value is -6.29. The zero-order valence-corrected chi connectivity index (χ0v) is 46.7. The van der Waals surface area contributed by atoms with Gasteiger partial charge in [0, 0.05) is 25.0 Å². The summed E-state index contributed by atoms with van der Waals surface area (Å²) in [6, 6.07) is 26.5. The van der Waals surface area contributed by atoms with E-state index in [-0.39, 0.29) is 68.3 Å². The Bertz CT molecular complexity index is 2990. The Kier molecular flexibility index (Phi) is 18.4. The van der Waals surface area contributed by atoms with Crippen LogP contribution < -0.4 is 20.8 Å². The van der Waals surface area contributed by atoms with Gasteiger partial charge in [0.05, 0.1) is 65.9 Å². The van der Waals surface area contributed by atoms with Crippen molar-refractivity contribution in [2.75, 3.05) is 53.1 Å². The fraction of sp³-hybridized carbons (Fsp3) is 0.481. The summed E-state index contributed by atoms with van der Waals surface area (Å²) in [6.45, 7) is 8.23. The molecule has 418 valence electrons. The lowest BCUT2D eigenvalue weighted by molar-refractivity contribution is -0.154. The van der Waals surface area contributed by atoms with Gasteiger partial charge < -0.3 is 53.4 Å². The number of imidazole rings is 1. The number of nitriles is 1. The fourth-order valence-corrected chi connectivity index (χ4v) is 11.9. The summed E-state index contributed by atoms with van der Waals surface area (Å²) < 4.78 is 80.2. The molecule has 2 aromatic heterocycles. The second-order valence-electron chi connectivity index (χ2n) is 20.5. The van der Waals surface area contributed by atoms with Crippen LogP contribution in [0.1, 0.15) is 75.8 Å². The first-order valence-electron chi connectivity index (χ1n) is 25.7. The van der Waals surface area contributed by atoms with E-state index in [9.17, 15) is 24.4 Å². The molecule has 0 amide bonds. The Morgan fingerprint density at radius 3 is 2.22 bits per heavy atom. The number of aromatic amines is 1. The molecule has 2 saturated heterocycles. The van der Waals surface area contributed by atoms with Gasteiger partial charge in [0.1, 0.15) is 66.5 Å². The minimum Gasteiger partial charge on any atom is -0.497 e. The number of anilines is 1. The van der Waals surface area contributed by atoms with E-state index in [1.54, 1.807) is 36.0 Å². The van der Waals surface area contributed by atoms with Crippen molar-refractivity contribution >= 4 is 45.0 Å². The first-order valence-corrected chi connectivity index (χ1v) is 30.1. The number of carbonyl (C=O) groups is 2. The van der Waals surface area contributed by atoms with E-state index in [0.29, 0.717) is 29.2 Å². The molecule has 3 aromatic carbocycles. The average Bonchev–Trinajstić information content (AvgIpc) is 4.17. The number of carbonyl (C=O) groups excluding carboxylic acids is 2. The van der Waals surface area contributed by atoms with Crippen molar-refractivity contribution in [3.8, 4) is 17.6 Å². The van der Waals surface area contributed by atoms with Gasteiger partial charge >= 0.3 is 13.8 Å². The number of H-pyrrole nitrogens is 1. The number of nitrogens with zero attached hydrogens (tertiary/aromatic N) is 5. The van der Waals surface area contributed by atoms with Crippen LogP contribution in [0.5, 0.6) is 11.5 Å². The smallest absolute Gasteiger partial charge is 0.475 e. The molecular weight excluding hydrogens is 1050 g/mol. The van der Waals surface area contributed by atoms with Gasteiger partial charge in [-0.15, -0.1) is 0 Å². The highest BCUT2D eigenvalue weighted by molar-refractivity contribution is 7.48. The van der Waals surface area contributed by atoms with E-state index < -0.39 is 94.3 Å². The van der Waals surface area contributed by atoms with Gasteiger partial charge in [0.25, 0.3) is 5.56 Å². The van der Waals surface area contributed by atoms with Crippen LogP contribution in [0.4, 0.5) is 5.95 Å². The molecule has 0 spiro atoms. The van der Waals surface area contributed by atoms with Gasteiger partial charge in [0.15, 0.2) is 19.5 Å². The van der Waals surface area contributed by atoms with Gasteiger partial charge in [0.2, 0.25) is 5.95 Å². The number of aromatic nitrogens is 4. The highest BCUT2D eigenvalue weighted by Gasteiger charge is 2.55. The third-order valence-electron chi connectivity index (χ3n) is 14.6. The van der Waals surface area contributed by atoms with Crippen LogP contribution in [0.15, 0.2) is 102 Å². The van der Waals surface area contributed by atoms with Crippen LogP contribution in [0.3, 0.4) is 0 Å². The summed E-state index contributed by atoms with van der Waals surface area (Å²) in [7, 11) is -4.84. The van der Waals surface area contributed by atoms with E-state index in [2.05, 4.69) is 15.0 Å².